The van der Waals surface area contributed by atoms with Crippen molar-refractivity contribution in [3.8, 4) is 11.8 Å². The first-order valence-electron chi connectivity index (χ1n) is 19.4. The first-order valence-corrected chi connectivity index (χ1v) is 19.7. The van der Waals surface area contributed by atoms with Gasteiger partial charge in [-0.15, -0.1) is 0 Å². The van der Waals surface area contributed by atoms with E-state index in [2.05, 4.69) is 63.8 Å². The fraction of sp³-hybridized carbons (Fsp3) is 0.561. The summed E-state index contributed by atoms with van der Waals surface area (Å²) >= 11 is 6.47. The molecule has 55 heavy (non-hydrogen) atoms. The quantitative estimate of drug-likeness (QED) is 0.0450. The molecule has 0 fully saturated rings. The number of halogens is 1. The summed E-state index contributed by atoms with van der Waals surface area (Å²) in [5, 5.41) is 19.0. The van der Waals surface area contributed by atoms with Crippen LogP contribution >= 0.6 is 11.6 Å². The number of anilines is 2. The average molecular weight is 782 g/mol. The highest BCUT2D eigenvalue weighted by molar-refractivity contribution is 6.30. The third kappa shape index (κ3) is 18.9. The Kier molecular flexibility index (Phi) is 23.4. The van der Waals surface area contributed by atoms with E-state index in [0.717, 1.165) is 74.6 Å². The van der Waals surface area contributed by atoms with Gasteiger partial charge in [-0.1, -0.05) is 37.1 Å². The van der Waals surface area contributed by atoms with Gasteiger partial charge >= 0.3 is 0 Å². The molecule has 3 N–H and O–H groups in total. The lowest BCUT2D eigenvalue weighted by atomic mass is 10.0. The molecule has 14 heteroatoms. The number of rotatable bonds is 30. The molecule has 3 rings (SSSR count). The number of carbonyl (C=O) groups is 1. The van der Waals surface area contributed by atoms with Gasteiger partial charge in [-0.25, -0.2) is 5.53 Å². The number of allylic oxidation sites excluding steroid dienone is 1. The molecule has 2 aromatic rings. The Morgan fingerprint density at radius 2 is 1.69 bits per heavy atom. The Morgan fingerprint density at radius 1 is 0.945 bits per heavy atom. The number of nitrogens with one attached hydrogen (secondary N) is 3. The molecule has 1 aliphatic rings. The third-order valence-electron chi connectivity index (χ3n) is 8.74. The van der Waals surface area contributed by atoms with Gasteiger partial charge in [0.1, 0.15) is 18.1 Å². The summed E-state index contributed by atoms with van der Waals surface area (Å²) < 4.78 is 28.3. The van der Waals surface area contributed by atoms with Crippen LogP contribution in [0, 0.1) is 16.9 Å². The molecule has 0 radical (unpaired) electrons. The van der Waals surface area contributed by atoms with Gasteiger partial charge in [0, 0.05) is 61.3 Å². The Bertz CT molecular complexity index is 1520. The lowest BCUT2D eigenvalue weighted by Crippen LogP contribution is -2.27. The molecule has 1 aliphatic heterocycles. The zero-order valence-corrected chi connectivity index (χ0v) is 33.4. The first kappa shape index (κ1) is 45.4. The Labute approximate surface area is 332 Å². The summed E-state index contributed by atoms with van der Waals surface area (Å²) in [5.41, 5.74) is 12.8. The van der Waals surface area contributed by atoms with Crippen LogP contribution in [0.2, 0.25) is 5.02 Å². The van der Waals surface area contributed by atoms with E-state index in [1.807, 2.05) is 24.3 Å². The van der Waals surface area contributed by atoms with Crippen LogP contribution in [-0.4, -0.2) is 110 Å². The van der Waals surface area contributed by atoms with Crippen LogP contribution in [0.25, 0.3) is 0 Å². The van der Waals surface area contributed by atoms with Crippen molar-refractivity contribution in [1.29, 1.82) is 10.8 Å². The van der Waals surface area contributed by atoms with Crippen LogP contribution in [-0.2, 0) is 36.6 Å². The third-order valence-corrected chi connectivity index (χ3v) is 8.98. The van der Waals surface area contributed by atoms with Crippen molar-refractivity contribution in [3.05, 3.63) is 76.6 Å². The van der Waals surface area contributed by atoms with Crippen LogP contribution in [0.3, 0.4) is 0 Å². The van der Waals surface area contributed by atoms with Gasteiger partial charge in [-0.05, 0) is 87.2 Å². The van der Waals surface area contributed by atoms with E-state index in [1.54, 1.807) is 6.20 Å². The van der Waals surface area contributed by atoms with Crippen molar-refractivity contribution >= 4 is 28.9 Å². The maximum absolute atomic E-state index is 11.5. The van der Waals surface area contributed by atoms with E-state index in [0.29, 0.717) is 78.1 Å². The van der Waals surface area contributed by atoms with E-state index < -0.39 is 0 Å². The second kappa shape index (κ2) is 28.4. The predicted octanol–water partition coefficient (Wildman–Crippen LogP) is 6.58. The number of ether oxygens (including phenoxy) is 5. The first-order chi connectivity index (χ1) is 26.9. The number of nitrogens with zero attached hydrogens (tertiary/aromatic N) is 4. The molecule has 1 amide bonds. The minimum absolute atomic E-state index is 0.0689. The van der Waals surface area contributed by atoms with Gasteiger partial charge in [0.05, 0.1) is 58.9 Å². The summed E-state index contributed by atoms with van der Waals surface area (Å²) in [6.45, 7) is 9.43. The number of fused-ring (bicyclic) bond motifs is 2. The van der Waals surface area contributed by atoms with E-state index in [1.165, 1.54) is 22.9 Å². The number of hydrogen-bond donors (Lipinski definition) is 3. The van der Waals surface area contributed by atoms with Gasteiger partial charge in [0.25, 0.3) is 0 Å². The molecule has 0 aliphatic carbocycles. The largest absolute Gasteiger partial charge is 0.491 e. The second-order valence-electron chi connectivity index (χ2n) is 13.1. The van der Waals surface area contributed by atoms with Crippen molar-refractivity contribution in [1.82, 2.24) is 15.5 Å². The van der Waals surface area contributed by atoms with Crippen LogP contribution < -0.4 is 20.3 Å². The number of benzene rings is 2. The van der Waals surface area contributed by atoms with Crippen molar-refractivity contribution in [2.24, 2.45) is 5.11 Å². The minimum atomic E-state index is 0.0689. The molecule has 2 aromatic carbocycles. The SMILES string of the molecule is CCCCC(=O)NCCOCCOCCOCCN/C=C(/COCCOc1ccc2c(c1)CCc1ccc(Cl)cc1N2CCCCN(C)C/C=C/C#N)N=N. The highest BCUT2D eigenvalue weighted by Crippen LogP contribution is 2.39. The normalized spacial score (nSPS) is 12.6. The van der Waals surface area contributed by atoms with Crippen molar-refractivity contribution < 1.29 is 28.5 Å². The predicted molar refractivity (Wildman–Crippen MR) is 216 cm³/mol. The minimum Gasteiger partial charge on any atom is -0.491 e. The summed E-state index contributed by atoms with van der Waals surface area (Å²) in [4.78, 5) is 16.1. The Balaban J connectivity index is 1.30. The molecular formula is C41H60ClN7O6. The number of aryl methyl sites for hydroxylation is 2. The maximum atomic E-state index is 11.5. The molecule has 302 valence electrons. The maximum Gasteiger partial charge on any atom is 0.220 e. The number of amides is 1. The zero-order chi connectivity index (χ0) is 39.4. The molecule has 0 spiro atoms. The molecule has 13 nitrogen and oxygen atoms in total. The summed E-state index contributed by atoms with van der Waals surface area (Å²) in [7, 11) is 2.07. The number of likely N-dealkylation sites (N-methyl/N-ethyl adjacent to an activating group) is 1. The molecule has 0 saturated heterocycles. The van der Waals surface area contributed by atoms with Crippen LogP contribution in [0.1, 0.15) is 50.2 Å². The lowest BCUT2D eigenvalue weighted by molar-refractivity contribution is -0.121. The van der Waals surface area contributed by atoms with Gasteiger partial charge < -0.3 is 44.1 Å². The molecule has 0 atom stereocenters. The molecule has 0 unspecified atom stereocenters. The van der Waals surface area contributed by atoms with Crippen LogP contribution in [0.5, 0.6) is 5.75 Å². The van der Waals surface area contributed by atoms with E-state index >= 15 is 0 Å². The number of hydrogen-bond acceptors (Lipinski definition) is 12. The standard InChI is InChI=1S/C41H60ClN7O6/c1-3-4-9-41(50)46-18-23-52-25-27-53-26-24-51-22-17-45-32-37(47-44)33-54-28-29-55-38-14-15-39-35(30-38)11-10-34-12-13-36(42)31-40(34)49(39)21-8-7-20-48(2)19-6-5-16-43/h5-6,12-15,30-32,44-45H,3-4,7-11,17-29,33H2,1-2H3,(H,46,50)/b6-5+,37-32-,47-44?. The fourth-order valence-corrected chi connectivity index (χ4v) is 6.00. The van der Waals surface area contributed by atoms with Gasteiger partial charge in [-0.3, -0.25) is 4.79 Å². The number of unbranched alkanes of at least 4 members (excludes halogenated alkanes) is 2. The zero-order valence-electron chi connectivity index (χ0n) is 32.7. The fourth-order valence-electron chi connectivity index (χ4n) is 5.84. The number of carbonyl (C=O) groups excluding carboxylic acids is 1. The van der Waals surface area contributed by atoms with Gasteiger partial charge in [0.2, 0.25) is 5.91 Å². The molecular weight excluding hydrogens is 722 g/mol. The topological polar surface area (TPSA) is 154 Å². The van der Waals surface area contributed by atoms with Crippen LogP contribution in [0.4, 0.5) is 11.4 Å². The van der Waals surface area contributed by atoms with Gasteiger partial charge in [0.15, 0.2) is 0 Å². The molecule has 1 heterocycles. The van der Waals surface area contributed by atoms with Crippen molar-refractivity contribution in [2.75, 3.05) is 104 Å². The highest BCUT2D eigenvalue weighted by atomic mass is 35.5. The van der Waals surface area contributed by atoms with Crippen molar-refractivity contribution in [2.45, 2.75) is 51.9 Å². The molecule has 0 bridgehead atoms. The van der Waals surface area contributed by atoms with Crippen LogP contribution in [0.15, 0.2) is 65.6 Å². The average Bonchev–Trinajstić information content (AvgIpc) is 3.33. The lowest BCUT2D eigenvalue weighted by Gasteiger charge is -2.28. The van der Waals surface area contributed by atoms with E-state index in [4.69, 9.17) is 46.1 Å². The number of nitriles is 1. The van der Waals surface area contributed by atoms with E-state index in [9.17, 15) is 4.79 Å². The Morgan fingerprint density at radius 3 is 2.45 bits per heavy atom. The Hall–Kier alpha value is -4.03. The summed E-state index contributed by atoms with van der Waals surface area (Å²) in [6.07, 6.45) is 11.4. The summed E-state index contributed by atoms with van der Waals surface area (Å²) in [5.74, 6) is 0.860. The second-order valence-corrected chi connectivity index (χ2v) is 13.5. The molecule has 0 saturated carbocycles. The highest BCUT2D eigenvalue weighted by Gasteiger charge is 2.21. The van der Waals surface area contributed by atoms with Crippen molar-refractivity contribution in [3.63, 3.8) is 0 Å². The van der Waals surface area contributed by atoms with Gasteiger partial charge in [-0.2, -0.15) is 10.4 Å². The smallest absolute Gasteiger partial charge is 0.220 e. The summed E-state index contributed by atoms with van der Waals surface area (Å²) in [6, 6.07) is 14.5. The monoisotopic (exact) mass is 781 g/mol. The van der Waals surface area contributed by atoms with E-state index in [-0.39, 0.29) is 12.5 Å². The molecule has 0 aromatic heterocycles.